The molecule has 778 valence electrons. The minimum atomic E-state index is -1.18. The van der Waals surface area contributed by atoms with Crippen molar-refractivity contribution in [1.29, 1.82) is 0 Å². The highest BCUT2D eigenvalue weighted by molar-refractivity contribution is 6.00. The molecule has 0 atom stereocenters. The van der Waals surface area contributed by atoms with Crippen LogP contribution in [0.3, 0.4) is 0 Å². The van der Waals surface area contributed by atoms with Crippen LogP contribution in [0, 0.1) is 6.57 Å². The van der Waals surface area contributed by atoms with E-state index in [4.69, 9.17) is 6.57 Å². The molecule has 4 aliphatic rings. The van der Waals surface area contributed by atoms with E-state index in [1.165, 1.54) is 427 Å². The molecule has 12 aromatic rings. The smallest absolute Gasteiger partial charge is 0.333 e. The van der Waals surface area contributed by atoms with Gasteiger partial charge in [-0.3, -0.25) is 4.79 Å². The van der Waals surface area contributed by atoms with Crippen LogP contribution >= 0.6 is 0 Å². The van der Waals surface area contributed by atoms with Crippen LogP contribution in [0.1, 0.15) is 484 Å². The minimum Gasteiger partial charge on any atom is -0.486 e. The van der Waals surface area contributed by atoms with Gasteiger partial charge in [0.15, 0.2) is 0 Å². The van der Waals surface area contributed by atoms with Gasteiger partial charge >= 0.3 is 5.97 Å². The molecule has 0 saturated heterocycles. The summed E-state index contributed by atoms with van der Waals surface area (Å²) in [4.78, 5) is 19.2. The van der Waals surface area contributed by atoms with Gasteiger partial charge in [-0.05, 0) is 312 Å². The molecule has 4 heteroatoms. The summed E-state index contributed by atoms with van der Waals surface area (Å²) >= 11 is 0. The van der Waals surface area contributed by atoms with Crippen molar-refractivity contribution < 1.29 is 9.90 Å². The van der Waals surface area contributed by atoms with Crippen molar-refractivity contribution in [2.45, 2.75) is 437 Å². The Morgan fingerprint density at radius 2 is 0.493 bits per heavy atom. The molecule has 0 aliphatic heterocycles. The maximum atomic E-state index is 13.1. The first kappa shape index (κ1) is 110. The largest absolute Gasteiger partial charge is 0.486 e. The molecule has 4 nitrogen and oxygen atoms in total. The number of nitrogens with zero attached hydrogens (tertiary/aromatic N) is 2. The van der Waals surface area contributed by atoms with Gasteiger partial charge in [0.1, 0.15) is 0 Å². The van der Waals surface area contributed by atoms with Gasteiger partial charge in [-0.15, -0.1) is 0 Å². The van der Waals surface area contributed by atoms with Crippen molar-refractivity contribution in [3.63, 3.8) is 0 Å². The minimum absolute atomic E-state index is 0.249. The predicted molar refractivity (Wildman–Crippen MR) is 636 cm³/mol. The van der Waals surface area contributed by atoms with Crippen LogP contribution in [0.5, 0.6) is 0 Å². The van der Waals surface area contributed by atoms with E-state index in [9.17, 15) is 9.90 Å². The van der Waals surface area contributed by atoms with Gasteiger partial charge in [-0.2, -0.15) is 0 Å². The maximum Gasteiger partial charge on any atom is 0.333 e. The molecule has 148 heavy (non-hydrogen) atoms. The summed E-state index contributed by atoms with van der Waals surface area (Å²) in [6.07, 6.45) is 69.6. The summed E-state index contributed by atoms with van der Waals surface area (Å²) in [5.41, 5.74) is 37.4. The molecule has 0 unspecified atom stereocenters. The van der Waals surface area contributed by atoms with Crippen LogP contribution in [0.2, 0.25) is 0 Å². The maximum absolute atomic E-state index is 13.1. The molecule has 0 spiro atoms. The van der Waals surface area contributed by atoms with Gasteiger partial charge in [0.25, 0.3) is 5.70 Å². The van der Waals surface area contributed by atoms with Crippen LogP contribution in [0.15, 0.2) is 260 Å². The van der Waals surface area contributed by atoms with E-state index in [0.29, 0.717) is 0 Å². The second-order valence-electron chi connectivity index (χ2n) is 45.5. The lowest BCUT2D eigenvalue weighted by molar-refractivity contribution is -0.132. The van der Waals surface area contributed by atoms with Crippen LogP contribution in [0.25, 0.3) is 66.6 Å². The second kappa shape index (κ2) is 55.2. The summed E-state index contributed by atoms with van der Waals surface area (Å²) in [5, 5.41) is 10.7. The number of rotatable bonds is 66. The molecule has 16 rings (SSSR count). The lowest BCUT2D eigenvalue weighted by Gasteiger charge is -2.36. The predicted octanol–water partition coefficient (Wildman–Crippen LogP) is 43.0. The Kier molecular flexibility index (Phi) is 41.0. The molecule has 0 bridgehead atoms. The van der Waals surface area contributed by atoms with Gasteiger partial charge in [0.2, 0.25) is 0 Å². The first-order chi connectivity index (χ1) is 72.9. The number of benzene rings is 12. The Bertz CT molecular complexity index is 6050. The summed E-state index contributed by atoms with van der Waals surface area (Å²) < 4.78 is 0. The number of carboxylic acids is 1. The number of hydrogen-bond donors (Lipinski definition) is 1. The molecule has 0 radical (unpaired) electrons. The monoisotopic (exact) mass is 1970 g/mol. The van der Waals surface area contributed by atoms with Crippen LogP contribution in [-0.4, -0.2) is 11.1 Å². The van der Waals surface area contributed by atoms with Gasteiger partial charge < -0.3 is 10.0 Å². The third-order valence-corrected chi connectivity index (χ3v) is 35.2. The number of aliphatic carboxylic acids is 1. The fourth-order valence-corrected chi connectivity index (χ4v) is 26.9. The number of hydrogen-bond acceptors (Lipinski definition) is 2. The first-order valence-corrected chi connectivity index (χ1v) is 60.5. The SMILES string of the molecule is [C-]#[N+]/C(=C\c1ccc2c(c1)C(CCCCCCCC)(CCCCCCCC)c1cc3c(cc1-2)C(c1ccc(CCCCCCCC)cc1)(c1ccc(CCCCCCCC)cc1)c1cc2c(cc1-3)C(c1ccc(CCCCCCCC)cc1)(c1ccc(CCCCCCCC)cc1)c1cc3c(cc1-2)C(CCCCCCCC)(CCCCCCCC)c1cc(-c2ccc(N(c4ccccc4)c4ccccc4)cc2)ccc1-3)C(=O)O. The molecule has 0 heterocycles. The van der Waals surface area contributed by atoms with E-state index in [2.05, 4.69) is 320 Å². The molecule has 0 amide bonds. The van der Waals surface area contributed by atoms with Crippen molar-refractivity contribution in [3.05, 3.63) is 366 Å². The Morgan fingerprint density at radius 3 is 0.784 bits per heavy atom. The van der Waals surface area contributed by atoms with Crippen molar-refractivity contribution in [2.75, 3.05) is 4.90 Å². The Labute approximate surface area is 896 Å². The number of unbranched alkanes of at least 4 members (excludes halogenated alkanes) is 40. The zero-order valence-electron chi connectivity index (χ0n) is 92.7. The van der Waals surface area contributed by atoms with Gasteiger partial charge in [-0.1, -0.05) is 514 Å². The summed E-state index contributed by atoms with van der Waals surface area (Å²) in [6, 6.07) is 105. The molecule has 0 saturated carbocycles. The highest BCUT2D eigenvalue weighted by Gasteiger charge is 2.55. The van der Waals surface area contributed by atoms with E-state index in [-0.39, 0.29) is 11.1 Å². The third kappa shape index (κ3) is 25.1. The van der Waals surface area contributed by atoms with Crippen molar-refractivity contribution in [3.8, 4) is 55.6 Å². The topological polar surface area (TPSA) is 44.9 Å². The third-order valence-electron chi connectivity index (χ3n) is 35.2. The number of carboxylic acid groups (broad SMARTS) is 1. The van der Waals surface area contributed by atoms with Gasteiger partial charge in [0, 0.05) is 27.9 Å². The van der Waals surface area contributed by atoms with Crippen LogP contribution in [-0.2, 0) is 52.1 Å². The fourth-order valence-electron chi connectivity index (χ4n) is 26.9. The average Bonchev–Trinajstić information content (AvgIpc) is 1.69. The van der Waals surface area contributed by atoms with E-state index < -0.39 is 22.2 Å². The Morgan fingerprint density at radius 1 is 0.250 bits per heavy atom. The van der Waals surface area contributed by atoms with E-state index in [1.807, 2.05) is 0 Å². The van der Waals surface area contributed by atoms with Gasteiger partial charge in [0.05, 0.1) is 17.4 Å². The number of fused-ring (bicyclic) bond motifs is 12. The van der Waals surface area contributed by atoms with Crippen LogP contribution < -0.4 is 4.90 Å². The van der Waals surface area contributed by atoms with E-state index in [0.717, 1.165) is 99.7 Å². The van der Waals surface area contributed by atoms with E-state index >= 15 is 0 Å². The Hall–Kier alpha value is -10.9. The van der Waals surface area contributed by atoms with Crippen molar-refractivity contribution in [2.24, 2.45) is 0 Å². The molecule has 0 aromatic heterocycles. The average molecular weight is 1970 g/mol. The van der Waals surface area contributed by atoms with Gasteiger partial charge in [-0.25, -0.2) is 4.85 Å². The second-order valence-corrected chi connectivity index (χ2v) is 45.5. The molecular formula is C144H180N2O2. The molecular weight excluding hydrogens is 1790 g/mol. The molecule has 12 aromatic carbocycles. The summed E-state index contributed by atoms with van der Waals surface area (Å²) in [5.74, 6) is -1.18. The standard InChI is InChI=1S/C144H180N2O2/c1-10-18-26-34-42-52-64-109-72-84-116(85-73-109)143(117-86-74-110(75-87-117)65-53-43-35-27-19-11-2)135-105-125-123-94-80-113(101-139(145-9)140(147)148)100-131(123)141(96-60-46-38-30-22-14-5,97-61-47-39-31-23-15-6)133(125)103-127(135)129-107-138-130(108-137(129)143)128-104-134-126(106-136(128)144(138,118-88-76-111(77-89-118)66-54-44-36-28-20-12-3)119-90-78-112(79-91-119)67-55-45-37-29-21-13-4)124-95-83-115(102-132(124)142(134,98-62-48-40-32-24-16-7)99-63-49-41-33-25-17-8)114-81-92-122(93-82-114)146(120-68-56-50-57-69-120)121-70-58-51-59-71-121/h50-51,56-59,68-95,100-108H,10-49,52-55,60-67,96-99H2,1-8H3,(H,147,148)/b139-101-. The first-order valence-electron chi connectivity index (χ1n) is 60.5. The molecule has 4 aliphatic carbocycles. The number of anilines is 3. The zero-order chi connectivity index (χ0) is 103. The normalized spacial score (nSPS) is 13.9. The van der Waals surface area contributed by atoms with Crippen LogP contribution in [0.4, 0.5) is 17.1 Å². The fraction of sp³-hybridized carbons (Fsp3) is 0.472. The Balaban J connectivity index is 1.00. The highest BCUT2D eigenvalue weighted by Crippen LogP contribution is 2.68. The number of para-hydroxylation sites is 2. The lowest BCUT2D eigenvalue weighted by Crippen LogP contribution is -2.30. The van der Waals surface area contributed by atoms with Crippen molar-refractivity contribution in [1.82, 2.24) is 0 Å². The summed E-state index contributed by atoms with van der Waals surface area (Å²) in [7, 11) is 0. The molecule has 1 N–H and O–H groups in total. The number of carbonyl (C=O) groups is 1. The molecule has 0 fully saturated rings. The summed E-state index contributed by atoms with van der Waals surface area (Å²) in [6.45, 7) is 27.0. The number of aryl methyl sites for hydroxylation is 4. The van der Waals surface area contributed by atoms with E-state index in [1.54, 1.807) is 6.08 Å². The lowest BCUT2D eigenvalue weighted by atomic mass is 9.65. The quantitative estimate of drug-likeness (QED) is 0.0235. The van der Waals surface area contributed by atoms with Crippen molar-refractivity contribution >= 4 is 29.1 Å². The highest BCUT2D eigenvalue weighted by atomic mass is 16.4. The zero-order valence-corrected chi connectivity index (χ0v) is 92.7.